The Balaban J connectivity index is 2.36. The normalized spacial score (nSPS) is 19.5. The monoisotopic (exact) mass is 1040 g/mol. The third-order valence-electron chi connectivity index (χ3n) is 14.5. The number of carbonyl (C=O) groups excluding carboxylic acids is 1. The number of allylic oxidation sites excluding steroid dienone is 3. The Hall–Kier alpha value is -1.42. The molecule has 1 heterocycles. The molecule has 0 bridgehead atoms. The van der Waals surface area contributed by atoms with Crippen LogP contribution >= 0.6 is 0 Å². The van der Waals surface area contributed by atoms with E-state index < -0.39 is 59.9 Å². The number of aliphatic hydroxyl groups excluding tert-OH is 4. The van der Waals surface area contributed by atoms with Crippen LogP contribution in [-0.2, 0) is 28.9 Å². The van der Waals surface area contributed by atoms with E-state index in [4.69, 9.17) is 9.47 Å². The van der Waals surface area contributed by atoms with Crippen molar-refractivity contribution in [1.82, 2.24) is 5.32 Å². The maximum atomic E-state index is 13.1. The molecule has 0 aromatic rings. The Morgan fingerprint density at radius 2 is 0.889 bits per heavy atom. The van der Waals surface area contributed by atoms with Gasteiger partial charge >= 0.3 is 10.4 Å². The van der Waals surface area contributed by atoms with Crippen LogP contribution in [-0.4, -0.2) is 95.4 Å². The van der Waals surface area contributed by atoms with Gasteiger partial charge in [-0.1, -0.05) is 263 Å². The minimum absolute atomic E-state index is 0.262. The Bertz CT molecular complexity index is 1370. The molecule has 0 aromatic heterocycles. The molecule has 1 saturated heterocycles. The topological polar surface area (TPSA) is 192 Å². The van der Waals surface area contributed by atoms with Gasteiger partial charge in [-0.3, -0.25) is 9.35 Å². The van der Waals surface area contributed by atoms with Crippen LogP contribution in [0, 0.1) is 0 Å². The molecule has 1 aliphatic rings. The van der Waals surface area contributed by atoms with E-state index >= 15 is 0 Å². The largest absolute Gasteiger partial charge is 0.397 e. The molecule has 7 atom stereocenters. The maximum absolute atomic E-state index is 13.1. The quantitative estimate of drug-likeness (QED) is 0.0193. The highest BCUT2D eigenvalue weighted by Gasteiger charge is 2.48. The first-order valence-electron chi connectivity index (χ1n) is 30.2. The van der Waals surface area contributed by atoms with Crippen LogP contribution in [0.3, 0.4) is 0 Å². The number of carbonyl (C=O) groups is 1. The first kappa shape index (κ1) is 68.6. The minimum atomic E-state index is -5.09. The van der Waals surface area contributed by atoms with E-state index in [9.17, 15) is 38.2 Å². The van der Waals surface area contributed by atoms with Crippen LogP contribution in [0.5, 0.6) is 0 Å². The standard InChI is InChI=1S/C59H113NO11S/c1-3-5-7-9-11-13-15-17-19-21-23-25-27-29-31-33-35-37-39-41-43-45-47-49-55(63)60-52(51-69-59-57(65)58(71-72(66,67)68)56(64)54(50-61)70-59)53(62)48-46-44-42-40-38-36-34-32-30-28-26-24-22-20-18-16-14-12-10-8-6-4-2/h29,31,46,48,52-54,56-59,61-62,64-65H,3-28,30,32-45,47,49-51H2,1-2H3,(H,60,63)(H,66,67,68)/b31-29-,48-46+. The number of rotatable bonds is 53. The molecule has 12 nitrogen and oxygen atoms in total. The van der Waals surface area contributed by atoms with E-state index in [1.54, 1.807) is 6.08 Å². The molecule has 7 unspecified atom stereocenters. The van der Waals surface area contributed by atoms with Crippen molar-refractivity contribution in [2.75, 3.05) is 13.2 Å². The minimum Gasteiger partial charge on any atom is -0.394 e. The van der Waals surface area contributed by atoms with Crippen molar-refractivity contribution in [3.63, 3.8) is 0 Å². The van der Waals surface area contributed by atoms with Gasteiger partial charge in [0.2, 0.25) is 5.91 Å². The van der Waals surface area contributed by atoms with E-state index in [-0.39, 0.29) is 18.9 Å². The van der Waals surface area contributed by atoms with Gasteiger partial charge in [-0.2, -0.15) is 8.42 Å². The second-order valence-corrected chi connectivity index (χ2v) is 22.3. The zero-order valence-corrected chi connectivity index (χ0v) is 47.1. The lowest BCUT2D eigenvalue weighted by molar-refractivity contribution is -0.298. The molecule has 426 valence electrons. The molecule has 0 radical (unpaired) electrons. The average molecular weight is 1040 g/mol. The average Bonchev–Trinajstić information content (AvgIpc) is 3.36. The van der Waals surface area contributed by atoms with Gasteiger partial charge in [0.1, 0.15) is 24.4 Å². The molecule has 0 spiro atoms. The molecule has 1 rings (SSSR count). The fourth-order valence-electron chi connectivity index (χ4n) is 9.81. The molecular weight excluding hydrogens is 931 g/mol. The summed E-state index contributed by atoms with van der Waals surface area (Å²) in [5.41, 5.74) is 0. The predicted molar refractivity (Wildman–Crippen MR) is 296 cm³/mol. The molecular formula is C59H113NO11S. The van der Waals surface area contributed by atoms with Crippen LogP contribution in [0.25, 0.3) is 0 Å². The lowest BCUT2D eigenvalue weighted by Gasteiger charge is -2.41. The van der Waals surface area contributed by atoms with Crippen molar-refractivity contribution in [3.8, 4) is 0 Å². The second-order valence-electron chi connectivity index (χ2n) is 21.3. The van der Waals surface area contributed by atoms with E-state index in [1.807, 2.05) is 6.08 Å². The molecule has 1 fully saturated rings. The van der Waals surface area contributed by atoms with Crippen molar-refractivity contribution in [2.24, 2.45) is 0 Å². The summed E-state index contributed by atoms with van der Waals surface area (Å²) in [6.45, 7) is 3.44. The van der Waals surface area contributed by atoms with E-state index in [0.29, 0.717) is 6.42 Å². The van der Waals surface area contributed by atoms with Gasteiger partial charge in [0.25, 0.3) is 0 Å². The number of hydrogen-bond acceptors (Lipinski definition) is 10. The number of aliphatic hydroxyl groups is 4. The number of amides is 1. The maximum Gasteiger partial charge on any atom is 0.397 e. The van der Waals surface area contributed by atoms with Gasteiger partial charge in [-0.15, -0.1) is 0 Å². The summed E-state index contributed by atoms with van der Waals surface area (Å²) in [7, 11) is -5.09. The molecule has 6 N–H and O–H groups in total. The number of nitrogens with one attached hydrogen (secondary N) is 1. The van der Waals surface area contributed by atoms with Gasteiger partial charge < -0.3 is 35.2 Å². The van der Waals surface area contributed by atoms with E-state index in [1.165, 1.54) is 218 Å². The fraction of sp³-hybridized carbons (Fsp3) is 0.915. The molecule has 1 aliphatic heterocycles. The van der Waals surface area contributed by atoms with Crippen LogP contribution in [0.2, 0.25) is 0 Å². The Morgan fingerprint density at radius 1 is 0.542 bits per heavy atom. The van der Waals surface area contributed by atoms with Crippen LogP contribution < -0.4 is 5.32 Å². The zero-order valence-electron chi connectivity index (χ0n) is 46.3. The van der Waals surface area contributed by atoms with E-state index in [2.05, 4.69) is 35.5 Å². The lowest BCUT2D eigenvalue weighted by Crippen LogP contribution is -2.61. The lowest BCUT2D eigenvalue weighted by atomic mass is 9.99. The van der Waals surface area contributed by atoms with Crippen molar-refractivity contribution in [1.29, 1.82) is 0 Å². The number of unbranched alkanes of at least 4 members (excludes halogenated alkanes) is 39. The Morgan fingerprint density at radius 3 is 1.25 bits per heavy atom. The summed E-state index contributed by atoms with van der Waals surface area (Å²) in [5.74, 6) is -0.262. The van der Waals surface area contributed by atoms with Crippen molar-refractivity contribution in [3.05, 3.63) is 24.3 Å². The smallest absolute Gasteiger partial charge is 0.394 e. The van der Waals surface area contributed by atoms with Crippen molar-refractivity contribution >= 4 is 16.3 Å². The zero-order chi connectivity index (χ0) is 52.6. The Labute approximate surface area is 442 Å². The molecule has 1 amide bonds. The van der Waals surface area contributed by atoms with Gasteiger partial charge in [-0.25, -0.2) is 4.18 Å². The summed E-state index contributed by atoms with van der Waals surface area (Å²) >= 11 is 0. The summed E-state index contributed by atoms with van der Waals surface area (Å²) in [5, 5.41) is 45.0. The third-order valence-corrected chi connectivity index (χ3v) is 14.9. The van der Waals surface area contributed by atoms with Gasteiger partial charge in [0.05, 0.1) is 25.4 Å². The summed E-state index contributed by atoms with van der Waals surface area (Å²) < 4.78 is 47.9. The highest BCUT2D eigenvalue weighted by Crippen LogP contribution is 2.26. The SMILES string of the molecule is CCCCCCCCCCCCCC/C=C\CCCCCCCCCC(=O)NC(COC1OC(CO)C(O)C(OS(=O)(=O)O)C1O)C(O)/C=C/CCCCCCCCCCCCCCCCCCCCCC. The second kappa shape index (κ2) is 49.2. The number of ether oxygens (including phenoxy) is 2. The molecule has 0 aromatic carbocycles. The molecule has 0 saturated carbocycles. The van der Waals surface area contributed by atoms with Crippen LogP contribution in [0.1, 0.15) is 290 Å². The highest BCUT2D eigenvalue weighted by atomic mass is 32.3. The first-order valence-corrected chi connectivity index (χ1v) is 31.6. The van der Waals surface area contributed by atoms with Crippen molar-refractivity contribution in [2.45, 2.75) is 333 Å². The van der Waals surface area contributed by atoms with Gasteiger partial charge in [-0.05, 0) is 44.9 Å². The van der Waals surface area contributed by atoms with Gasteiger partial charge in [0, 0.05) is 6.42 Å². The highest BCUT2D eigenvalue weighted by molar-refractivity contribution is 7.80. The van der Waals surface area contributed by atoms with Gasteiger partial charge in [0.15, 0.2) is 6.29 Å². The summed E-state index contributed by atoms with van der Waals surface area (Å²) in [4.78, 5) is 13.1. The molecule has 13 heteroatoms. The van der Waals surface area contributed by atoms with Crippen LogP contribution in [0.15, 0.2) is 24.3 Å². The molecule has 72 heavy (non-hydrogen) atoms. The summed E-state index contributed by atoms with van der Waals surface area (Å²) in [6, 6.07) is -0.946. The summed E-state index contributed by atoms with van der Waals surface area (Å²) in [6.07, 6.45) is 52.2. The number of hydrogen-bond donors (Lipinski definition) is 6. The van der Waals surface area contributed by atoms with Crippen LogP contribution in [0.4, 0.5) is 0 Å². The first-order chi connectivity index (χ1) is 35.0. The van der Waals surface area contributed by atoms with E-state index in [0.717, 1.165) is 44.9 Å². The Kier molecular flexibility index (Phi) is 46.8. The fourth-order valence-corrected chi connectivity index (χ4v) is 10.3. The molecule has 0 aliphatic carbocycles. The van der Waals surface area contributed by atoms with Crippen molar-refractivity contribution < 1.29 is 51.8 Å². The predicted octanol–water partition coefficient (Wildman–Crippen LogP) is 14.4. The third kappa shape index (κ3) is 40.8.